The second-order valence-corrected chi connectivity index (χ2v) is 8.46. The Morgan fingerprint density at radius 3 is 0.778 bits per heavy atom. The van der Waals surface area contributed by atoms with Gasteiger partial charge >= 0.3 is 0 Å². The molecule has 4 aromatic carbocycles. The number of aromatic nitrogens is 6. The number of phenols is 3. The SMILES string of the molecule is Nc1cc2nc3c4nc5cc(O)c(N)cc5nc4c4nc5cc(O)c(N)cc5nc4c3nc2cc1O. The Kier molecular flexibility index (Phi) is 3.61. The van der Waals surface area contributed by atoms with Crippen LogP contribution in [0.1, 0.15) is 0 Å². The van der Waals surface area contributed by atoms with Crippen molar-refractivity contribution in [1.82, 2.24) is 29.9 Å². The molecule has 0 fully saturated rings. The number of nitrogen functional groups attached to an aromatic ring is 3. The van der Waals surface area contributed by atoms with E-state index in [2.05, 4.69) is 0 Å². The molecule has 0 aliphatic heterocycles. The Labute approximate surface area is 199 Å². The quantitative estimate of drug-likeness (QED) is 0.0804. The van der Waals surface area contributed by atoms with Crippen LogP contribution in [0, 0.1) is 0 Å². The number of benzene rings is 4. The summed E-state index contributed by atoms with van der Waals surface area (Å²) in [5.41, 5.74) is 22.8. The van der Waals surface area contributed by atoms with Crippen molar-refractivity contribution < 1.29 is 15.3 Å². The van der Waals surface area contributed by atoms with Gasteiger partial charge in [0.1, 0.15) is 50.3 Å². The van der Waals surface area contributed by atoms with Crippen molar-refractivity contribution in [1.29, 1.82) is 0 Å². The van der Waals surface area contributed by atoms with Crippen molar-refractivity contribution in [3.63, 3.8) is 0 Å². The molecular weight excluding hydrogens is 462 g/mol. The van der Waals surface area contributed by atoms with Gasteiger partial charge in [-0.25, -0.2) is 29.9 Å². The zero-order valence-electron chi connectivity index (χ0n) is 18.2. The third kappa shape index (κ3) is 2.63. The smallest absolute Gasteiger partial charge is 0.140 e. The Balaban J connectivity index is 1.76. The average Bonchev–Trinajstić information content (AvgIpc) is 2.84. The monoisotopic (exact) mass is 477 g/mol. The predicted octanol–water partition coefficient (Wildman–Crippen LogP) is 2.84. The lowest BCUT2D eigenvalue weighted by atomic mass is 10.1. The number of nitrogens with zero attached hydrogens (tertiary/aromatic N) is 6. The van der Waals surface area contributed by atoms with Gasteiger partial charge in [0, 0.05) is 18.2 Å². The molecule has 3 heterocycles. The van der Waals surface area contributed by atoms with E-state index in [1.807, 2.05) is 0 Å². The van der Waals surface area contributed by atoms with E-state index >= 15 is 0 Å². The van der Waals surface area contributed by atoms with Gasteiger partial charge in [0.25, 0.3) is 0 Å². The normalized spacial score (nSPS) is 12.0. The van der Waals surface area contributed by atoms with Crippen LogP contribution in [-0.4, -0.2) is 45.2 Å². The minimum atomic E-state index is -0.125. The van der Waals surface area contributed by atoms with Crippen LogP contribution >= 0.6 is 0 Å². The summed E-state index contributed by atoms with van der Waals surface area (Å²) in [4.78, 5) is 28.4. The van der Waals surface area contributed by atoms with Gasteiger partial charge in [0.2, 0.25) is 0 Å². The van der Waals surface area contributed by atoms with Gasteiger partial charge in [-0.15, -0.1) is 0 Å². The van der Waals surface area contributed by atoms with E-state index in [0.29, 0.717) is 66.2 Å². The highest BCUT2D eigenvalue weighted by molar-refractivity contribution is 6.21. The van der Waals surface area contributed by atoms with Crippen LogP contribution in [-0.2, 0) is 0 Å². The third-order valence-corrected chi connectivity index (χ3v) is 6.11. The molecule has 0 spiro atoms. The van der Waals surface area contributed by atoms with Crippen LogP contribution in [0.4, 0.5) is 17.1 Å². The lowest BCUT2D eigenvalue weighted by molar-refractivity contribution is 0.478. The first-order chi connectivity index (χ1) is 17.3. The van der Waals surface area contributed by atoms with Gasteiger partial charge in [-0.2, -0.15) is 0 Å². The van der Waals surface area contributed by atoms with Crippen molar-refractivity contribution in [3.05, 3.63) is 36.4 Å². The Hall–Kier alpha value is -5.52. The van der Waals surface area contributed by atoms with Gasteiger partial charge < -0.3 is 32.5 Å². The van der Waals surface area contributed by atoms with Crippen LogP contribution in [0.25, 0.3) is 66.2 Å². The summed E-state index contributed by atoms with van der Waals surface area (Å²) >= 11 is 0. The third-order valence-electron chi connectivity index (χ3n) is 6.11. The molecule has 12 heteroatoms. The first-order valence-electron chi connectivity index (χ1n) is 10.7. The number of anilines is 3. The van der Waals surface area contributed by atoms with Gasteiger partial charge in [-0.05, 0) is 18.2 Å². The van der Waals surface area contributed by atoms with Crippen molar-refractivity contribution >= 4 is 83.3 Å². The maximum absolute atomic E-state index is 10.1. The van der Waals surface area contributed by atoms with E-state index in [0.717, 1.165) is 0 Å². The second-order valence-electron chi connectivity index (χ2n) is 8.46. The fourth-order valence-corrected chi connectivity index (χ4v) is 4.31. The molecule has 174 valence electrons. The second kappa shape index (κ2) is 6.54. The van der Waals surface area contributed by atoms with Gasteiger partial charge in [-0.3, -0.25) is 0 Å². The number of phenolic OH excluding ortho intramolecular Hbond substituents is 3. The Morgan fingerprint density at radius 2 is 0.556 bits per heavy atom. The number of hydrogen-bond donors (Lipinski definition) is 6. The van der Waals surface area contributed by atoms with Crippen LogP contribution in [0.5, 0.6) is 17.2 Å². The molecule has 36 heavy (non-hydrogen) atoms. The molecular formula is C24H15N9O3. The molecule has 7 aromatic rings. The van der Waals surface area contributed by atoms with Gasteiger partial charge in [0.15, 0.2) is 0 Å². The van der Waals surface area contributed by atoms with Gasteiger partial charge in [-0.1, -0.05) is 0 Å². The largest absolute Gasteiger partial charge is 0.506 e. The summed E-state index contributed by atoms with van der Waals surface area (Å²) < 4.78 is 0. The lowest BCUT2D eigenvalue weighted by Gasteiger charge is -2.11. The molecule has 12 nitrogen and oxygen atoms in total. The first-order valence-corrected chi connectivity index (χ1v) is 10.7. The molecule has 7 rings (SSSR count). The van der Waals surface area contributed by atoms with E-state index < -0.39 is 0 Å². The number of nitrogens with two attached hydrogens (primary N) is 3. The number of fused-ring (bicyclic) bond motifs is 9. The van der Waals surface area contributed by atoms with Crippen molar-refractivity contribution in [2.24, 2.45) is 0 Å². The zero-order chi connectivity index (χ0) is 24.9. The maximum Gasteiger partial charge on any atom is 0.140 e. The predicted molar refractivity (Wildman–Crippen MR) is 136 cm³/mol. The van der Waals surface area contributed by atoms with Crippen molar-refractivity contribution in [3.8, 4) is 17.2 Å². The first kappa shape index (κ1) is 19.9. The molecule has 0 aliphatic rings. The standard InChI is InChI=1S/C24H15N9O3/c25-7-1-10-13(4-16(7)34)31-22-19(28-10)23-21(30-11-2-8(26)17(35)5-14(11)32-23)24-20(22)29-12-3-9(27)18(36)6-15(12)33-24/h1-6,34-36H,25-27H2. The van der Waals surface area contributed by atoms with Crippen LogP contribution < -0.4 is 17.2 Å². The summed E-state index contributed by atoms with van der Waals surface area (Å²) in [6.07, 6.45) is 0. The molecule has 0 aliphatic carbocycles. The molecule has 0 saturated carbocycles. The fourth-order valence-electron chi connectivity index (χ4n) is 4.31. The molecule has 0 amide bonds. The van der Waals surface area contributed by atoms with Crippen LogP contribution in [0.15, 0.2) is 36.4 Å². The van der Waals surface area contributed by atoms with E-state index in [4.69, 9.17) is 47.1 Å². The molecule has 0 unspecified atom stereocenters. The maximum atomic E-state index is 10.1. The highest BCUT2D eigenvalue weighted by atomic mass is 16.3. The molecule has 3 aromatic heterocycles. The summed E-state index contributed by atoms with van der Waals surface area (Å²) in [6, 6.07) is 8.82. The fraction of sp³-hybridized carbons (Fsp3) is 0. The van der Waals surface area contributed by atoms with E-state index in [1.165, 1.54) is 36.4 Å². The highest BCUT2D eigenvalue weighted by Crippen LogP contribution is 2.36. The van der Waals surface area contributed by atoms with Crippen LogP contribution in [0.3, 0.4) is 0 Å². The minimum absolute atomic E-state index is 0.125. The summed E-state index contributed by atoms with van der Waals surface area (Å²) in [6.45, 7) is 0. The Morgan fingerprint density at radius 1 is 0.361 bits per heavy atom. The van der Waals surface area contributed by atoms with Gasteiger partial charge in [0.05, 0.1) is 50.2 Å². The number of hydrogen-bond acceptors (Lipinski definition) is 12. The summed E-state index contributed by atoms with van der Waals surface area (Å²) in [5.74, 6) is -0.375. The van der Waals surface area contributed by atoms with Crippen LogP contribution in [0.2, 0.25) is 0 Å². The van der Waals surface area contributed by atoms with Crippen molar-refractivity contribution in [2.45, 2.75) is 0 Å². The summed E-state index contributed by atoms with van der Waals surface area (Å²) in [5, 5.41) is 30.4. The summed E-state index contributed by atoms with van der Waals surface area (Å²) in [7, 11) is 0. The number of aromatic hydroxyl groups is 3. The molecule has 0 saturated heterocycles. The molecule has 0 bridgehead atoms. The molecule has 0 radical (unpaired) electrons. The zero-order valence-corrected chi connectivity index (χ0v) is 18.2. The number of rotatable bonds is 0. The molecule has 0 atom stereocenters. The lowest BCUT2D eigenvalue weighted by Crippen LogP contribution is -2.00. The van der Waals surface area contributed by atoms with E-state index in [9.17, 15) is 15.3 Å². The molecule has 9 N–H and O–H groups in total. The Bertz CT molecular complexity index is 1710. The topological polar surface area (TPSA) is 216 Å². The minimum Gasteiger partial charge on any atom is -0.506 e. The van der Waals surface area contributed by atoms with E-state index in [1.54, 1.807) is 0 Å². The highest BCUT2D eigenvalue weighted by Gasteiger charge is 2.20. The van der Waals surface area contributed by atoms with Crippen molar-refractivity contribution in [2.75, 3.05) is 17.2 Å². The average molecular weight is 477 g/mol. The van der Waals surface area contributed by atoms with E-state index in [-0.39, 0.29) is 34.3 Å².